The first kappa shape index (κ1) is 20.7. The molecule has 0 spiro atoms. The van der Waals surface area contributed by atoms with Crippen molar-refractivity contribution in [1.29, 1.82) is 0 Å². The predicted molar refractivity (Wildman–Crippen MR) is 112 cm³/mol. The van der Waals surface area contributed by atoms with Crippen LogP contribution in [0.3, 0.4) is 0 Å². The van der Waals surface area contributed by atoms with Crippen molar-refractivity contribution in [3.05, 3.63) is 76.2 Å². The number of esters is 1. The molecule has 0 bridgehead atoms. The molecule has 6 nitrogen and oxygen atoms in total. The van der Waals surface area contributed by atoms with E-state index in [1.54, 1.807) is 12.1 Å². The van der Waals surface area contributed by atoms with Gasteiger partial charge < -0.3 is 14.6 Å². The molecule has 0 aliphatic carbocycles. The van der Waals surface area contributed by atoms with E-state index < -0.39 is 5.97 Å². The van der Waals surface area contributed by atoms with E-state index in [9.17, 15) is 9.59 Å². The normalized spacial score (nSPS) is 10.6. The number of rotatable bonds is 6. The summed E-state index contributed by atoms with van der Waals surface area (Å²) in [6.45, 7) is 5.61. The molecule has 0 atom stereocenters. The van der Waals surface area contributed by atoms with E-state index in [0.29, 0.717) is 22.6 Å². The molecule has 0 aliphatic rings. The van der Waals surface area contributed by atoms with Crippen LogP contribution in [0.2, 0.25) is 0 Å². The zero-order valence-electron chi connectivity index (χ0n) is 16.7. The Balaban J connectivity index is 1.81. The van der Waals surface area contributed by atoms with Gasteiger partial charge in [0.05, 0.1) is 29.7 Å². The molecule has 1 aromatic heterocycles. The molecule has 150 valence electrons. The number of carbonyl (C=O) groups is 2. The number of benzene rings is 2. The minimum Gasteiger partial charge on any atom is -0.465 e. The lowest BCUT2D eigenvalue weighted by atomic mass is 10.0. The molecule has 1 heterocycles. The first-order valence-corrected chi connectivity index (χ1v) is 10.0. The van der Waals surface area contributed by atoms with Crippen LogP contribution in [0.15, 0.2) is 51.9 Å². The molecule has 3 rings (SSSR count). The third-order valence-corrected chi connectivity index (χ3v) is 5.60. The highest BCUT2D eigenvalue weighted by Gasteiger charge is 2.16. The summed E-state index contributed by atoms with van der Waals surface area (Å²) in [6.07, 6.45) is 0. The van der Waals surface area contributed by atoms with Gasteiger partial charge in [-0.2, -0.15) is 0 Å². The van der Waals surface area contributed by atoms with E-state index in [1.165, 1.54) is 18.9 Å². The summed E-state index contributed by atoms with van der Waals surface area (Å²) in [5.41, 5.74) is 4.07. The van der Waals surface area contributed by atoms with E-state index in [2.05, 4.69) is 10.5 Å². The molecule has 1 amide bonds. The van der Waals surface area contributed by atoms with E-state index >= 15 is 0 Å². The van der Waals surface area contributed by atoms with Gasteiger partial charge in [0.1, 0.15) is 5.76 Å². The Morgan fingerprint density at radius 2 is 1.86 bits per heavy atom. The van der Waals surface area contributed by atoms with Gasteiger partial charge in [0.15, 0.2) is 0 Å². The second-order valence-corrected chi connectivity index (χ2v) is 7.65. The number of carbonyl (C=O) groups excluding carboxylic acids is 2. The molecule has 0 aliphatic heterocycles. The smallest absolute Gasteiger partial charge is 0.338 e. The first-order chi connectivity index (χ1) is 13.9. The van der Waals surface area contributed by atoms with Crippen LogP contribution in [0.4, 0.5) is 5.69 Å². The van der Waals surface area contributed by atoms with Gasteiger partial charge in [-0.15, -0.1) is 11.8 Å². The molecule has 3 aromatic rings. The average molecular weight is 410 g/mol. The summed E-state index contributed by atoms with van der Waals surface area (Å²) < 4.78 is 10.1. The third kappa shape index (κ3) is 4.86. The lowest BCUT2D eigenvalue weighted by Gasteiger charge is -2.13. The van der Waals surface area contributed by atoms with Gasteiger partial charge >= 0.3 is 5.97 Å². The first-order valence-electron chi connectivity index (χ1n) is 9.04. The molecular formula is C22H22N2O4S. The number of ether oxygens (including phenoxy) is 1. The zero-order chi connectivity index (χ0) is 21.0. The van der Waals surface area contributed by atoms with E-state index in [4.69, 9.17) is 9.26 Å². The Kier molecular flexibility index (Phi) is 6.39. The zero-order valence-corrected chi connectivity index (χ0v) is 17.6. The third-order valence-electron chi connectivity index (χ3n) is 4.51. The second kappa shape index (κ2) is 8.96. The van der Waals surface area contributed by atoms with Crippen LogP contribution in [-0.4, -0.2) is 24.1 Å². The quantitative estimate of drug-likeness (QED) is 0.458. The Morgan fingerprint density at radius 1 is 1.10 bits per heavy atom. The average Bonchev–Trinajstić information content (AvgIpc) is 3.13. The minimum atomic E-state index is -0.431. The van der Waals surface area contributed by atoms with Crippen molar-refractivity contribution in [2.24, 2.45) is 0 Å². The van der Waals surface area contributed by atoms with Crippen molar-refractivity contribution in [1.82, 2.24) is 5.16 Å². The lowest BCUT2D eigenvalue weighted by molar-refractivity contribution is 0.0599. The molecule has 2 aromatic carbocycles. The number of aryl methyl sites for hydroxylation is 2. The van der Waals surface area contributed by atoms with E-state index in [-0.39, 0.29) is 5.91 Å². The van der Waals surface area contributed by atoms with Gasteiger partial charge in [-0.1, -0.05) is 17.3 Å². The van der Waals surface area contributed by atoms with Gasteiger partial charge in [0.25, 0.3) is 5.91 Å². The standard InChI is InChI=1S/C22H22N2O4S/c1-13-9-16(11-19(15(13)3)22(26)27-4)23-21(25)18-7-5-6-8-20(18)29-12-17-10-14(2)24-28-17/h5-11H,12H2,1-4H3,(H,23,25). The molecule has 0 fully saturated rings. The number of anilines is 1. The SMILES string of the molecule is COC(=O)c1cc(NC(=O)c2ccccc2SCc2cc(C)no2)cc(C)c1C. The fourth-order valence-corrected chi connectivity index (χ4v) is 3.79. The highest BCUT2D eigenvalue weighted by atomic mass is 32.2. The van der Waals surface area contributed by atoms with Crippen LogP contribution in [0, 0.1) is 20.8 Å². The molecular weight excluding hydrogens is 388 g/mol. The Hall–Kier alpha value is -3.06. The number of nitrogens with zero attached hydrogens (tertiary/aromatic N) is 1. The highest BCUT2D eigenvalue weighted by Crippen LogP contribution is 2.28. The van der Waals surface area contributed by atoms with Gasteiger partial charge in [0.2, 0.25) is 0 Å². The number of nitrogens with one attached hydrogen (secondary N) is 1. The molecule has 0 saturated carbocycles. The van der Waals surface area contributed by atoms with Crippen molar-refractivity contribution in [2.75, 3.05) is 12.4 Å². The van der Waals surface area contributed by atoms with Gasteiger partial charge in [-0.25, -0.2) is 4.79 Å². The lowest BCUT2D eigenvalue weighted by Crippen LogP contribution is -2.14. The fourth-order valence-electron chi connectivity index (χ4n) is 2.87. The summed E-state index contributed by atoms with van der Waals surface area (Å²) in [5, 5.41) is 6.77. The largest absolute Gasteiger partial charge is 0.465 e. The molecule has 7 heteroatoms. The summed E-state index contributed by atoms with van der Waals surface area (Å²) in [5.74, 6) is 0.641. The van der Waals surface area contributed by atoms with Gasteiger partial charge in [0, 0.05) is 16.6 Å². The number of aromatic nitrogens is 1. The maximum Gasteiger partial charge on any atom is 0.338 e. The summed E-state index contributed by atoms with van der Waals surface area (Å²) in [4.78, 5) is 25.8. The van der Waals surface area contributed by atoms with Gasteiger partial charge in [-0.3, -0.25) is 4.79 Å². The predicted octanol–water partition coefficient (Wildman–Crippen LogP) is 4.93. The van der Waals surface area contributed by atoms with Crippen LogP contribution in [0.25, 0.3) is 0 Å². The number of amides is 1. The highest BCUT2D eigenvalue weighted by molar-refractivity contribution is 7.98. The molecule has 0 radical (unpaired) electrons. The number of methoxy groups -OCH3 is 1. The van der Waals surface area contributed by atoms with Crippen molar-refractivity contribution in [3.8, 4) is 0 Å². The molecule has 0 saturated heterocycles. The topological polar surface area (TPSA) is 81.4 Å². The minimum absolute atomic E-state index is 0.249. The monoisotopic (exact) mass is 410 g/mol. The molecule has 1 N–H and O–H groups in total. The van der Waals surface area contributed by atoms with Crippen LogP contribution < -0.4 is 5.32 Å². The van der Waals surface area contributed by atoms with Crippen molar-refractivity contribution >= 4 is 29.3 Å². The second-order valence-electron chi connectivity index (χ2n) is 6.63. The molecule has 29 heavy (non-hydrogen) atoms. The number of hydrogen-bond acceptors (Lipinski definition) is 6. The maximum absolute atomic E-state index is 12.9. The Bertz CT molecular complexity index is 1060. The Labute approximate surface area is 173 Å². The van der Waals surface area contributed by atoms with Crippen LogP contribution >= 0.6 is 11.8 Å². The summed E-state index contributed by atoms with van der Waals surface area (Å²) >= 11 is 1.50. The summed E-state index contributed by atoms with van der Waals surface area (Å²) in [7, 11) is 1.34. The van der Waals surface area contributed by atoms with Crippen LogP contribution in [0.5, 0.6) is 0 Å². The number of hydrogen-bond donors (Lipinski definition) is 1. The fraction of sp³-hybridized carbons (Fsp3) is 0.227. The molecule has 0 unspecified atom stereocenters. The summed E-state index contributed by atoms with van der Waals surface area (Å²) in [6, 6.07) is 12.7. The van der Waals surface area contributed by atoms with Crippen molar-refractivity contribution < 1.29 is 18.8 Å². The maximum atomic E-state index is 12.9. The van der Waals surface area contributed by atoms with Gasteiger partial charge in [-0.05, 0) is 56.2 Å². The Morgan fingerprint density at radius 3 is 2.55 bits per heavy atom. The number of thioether (sulfide) groups is 1. The van der Waals surface area contributed by atoms with Crippen LogP contribution in [0.1, 0.15) is 43.3 Å². The van der Waals surface area contributed by atoms with Crippen LogP contribution in [-0.2, 0) is 10.5 Å². The van der Waals surface area contributed by atoms with E-state index in [1.807, 2.05) is 51.1 Å². The van der Waals surface area contributed by atoms with Crippen molar-refractivity contribution in [3.63, 3.8) is 0 Å². The van der Waals surface area contributed by atoms with E-state index in [0.717, 1.165) is 27.5 Å². The van der Waals surface area contributed by atoms with Crippen molar-refractivity contribution in [2.45, 2.75) is 31.4 Å².